The Morgan fingerprint density at radius 3 is 2.79 bits per heavy atom. The minimum Gasteiger partial charge on any atom is -0.286 e. The second-order valence-electron chi connectivity index (χ2n) is 2.51. The number of hydrogen-bond donors (Lipinski definition) is 0. The van der Waals surface area contributed by atoms with Crippen LogP contribution in [-0.4, -0.2) is 6.29 Å². The van der Waals surface area contributed by atoms with Crippen LogP contribution in [0.3, 0.4) is 0 Å². The van der Waals surface area contributed by atoms with Gasteiger partial charge in [-0.3, -0.25) is 4.79 Å². The SMILES string of the molecule is O=[C]C=CC=Cc1ccc(F)c(Cl)c1. The average Bonchev–Trinajstić information content (AvgIpc) is 2.18. The summed E-state index contributed by atoms with van der Waals surface area (Å²) in [5, 5.41) is 0.0816. The zero-order chi connectivity index (χ0) is 10.4. The van der Waals surface area contributed by atoms with Crippen LogP contribution in [0.2, 0.25) is 5.02 Å². The van der Waals surface area contributed by atoms with Gasteiger partial charge in [-0.25, -0.2) is 4.39 Å². The van der Waals surface area contributed by atoms with Crippen LogP contribution in [0.5, 0.6) is 0 Å². The van der Waals surface area contributed by atoms with Crippen LogP contribution < -0.4 is 0 Å². The first-order chi connectivity index (χ1) is 6.74. The van der Waals surface area contributed by atoms with Crippen LogP contribution in [0.4, 0.5) is 4.39 Å². The molecule has 0 amide bonds. The monoisotopic (exact) mass is 209 g/mol. The first-order valence-electron chi connectivity index (χ1n) is 3.90. The van der Waals surface area contributed by atoms with E-state index in [0.717, 1.165) is 5.56 Å². The van der Waals surface area contributed by atoms with Crippen LogP contribution in [0.25, 0.3) is 6.08 Å². The van der Waals surface area contributed by atoms with E-state index in [-0.39, 0.29) is 5.02 Å². The first kappa shape index (κ1) is 10.7. The van der Waals surface area contributed by atoms with Gasteiger partial charge in [0.1, 0.15) is 5.82 Å². The van der Waals surface area contributed by atoms with Crippen molar-refractivity contribution in [2.45, 2.75) is 0 Å². The lowest BCUT2D eigenvalue weighted by Crippen LogP contribution is -1.77. The van der Waals surface area contributed by atoms with Crippen molar-refractivity contribution in [2.24, 2.45) is 0 Å². The number of carbonyl (C=O) groups excluding carboxylic acids is 1. The second-order valence-corrected chi connectivity index (χ2v) is 2.92. The summed E-state index contributed by atoms with van der Waals surface area (Å²) in [6.45, 7) is 0. The molecule has 0 saturated carbocycles. The van der Waals surface area contributed by atoms with Crippen molar-refractivity contribution in [3.05, 3.63) is 52.8 Å². The van der Waals surface area contributed by atoms with Crippen molar-refractivity contribution in [3.8, 4) is 0 Å². The number of benzene rings is 1. The molecule has 0 spiro atoms. The highest BCUT2D eigenvalue weighted by Gasteiger charge is 1.97. The third kappa shape index (κ3) is 3.15. The maximum atomic E-state index is 12.7. The molecule has 0 heterocycles. The van der Waals surface area contributed by atoms with E-state index in [1.54, 1.807) is 24.5 Å². The van der Waals surface area contributed by atoms with Gasteiger partial charge in [-0.05, 0) is 23.8 Å². The second kappa shape index (κ2) is 5.35. The smallest absolute Gasteiger partial charge is 0.225 e. The number of rotatable bonds is 3. The summed E-state index contributed by atoms with van der Waals surface area (Å²) in [6, 6.07) is 4.39. The van der Waals surface area contributed by atoms with Crippen LogP contribution in [0.15, 0.2) is 36.4 Å². The third-order valence-electron chi connectivity index (χ3n) is 1.51. The molecule has 0 aliphatic carbocycles. The quantitative estimate of drug-likeness (QED) is 0.552. The Labute approximate surface area is 86.5 Å². The normalized spacial score (nSPS) is 11.3. The molecular formula is C11H7ClFO. The van der Waals surface area contributed by atoms with Crippen LogP contribution in [0.1, 0.15) is 5.56 Å². The molecule has 0 unspecified atom stereocenters. The first-order valence-corrected chi connectivity index (χ1v) is 4.28. The lowest BCUT2D eigenvalue weighted by atomic mass is 10.2. The summed E-state index contributed by atoms with van der Waals surface area (Å²) in [5.74, 6) is -0.444. The standard InChI is InChI=1S/C11H7ClFO/c12-10-8-9(5-6-11(10)13)4-2-1-3-7-14/h1-6,8H. The van der Waals surface area contributed by atoms with E-state index in [1.807, 2.05) is 0 Å². The predicted octanol–water partition coefficient (Wildman–Crippen LogP) is 3.16. The molecule has 0 aromatic heterocycles. The van der Waals surface area contributed by atoms with Gasteiger partial charge in [-0.15, -0.1) is 0 Å². The van der Waals surface area contributed by atoms with Gasteiger partial charge in [-0.1, -0.05) is 35.9 Å². The van der Waals surface area contributed by atoms with Crippen LogP contribution in [-0.2, 0) is 4.79 Å². The van der Waals surface area contributed by atoms with Gasteiger partial charge in [-0.2, -0.15) is 0 Å². The molecular weight excluding hydrogens is 203 g/mol. The Morgan fingerprint density at radius 2 is 2.14 bits per heavy atom. The fraction of sp³-hybridized carbons (Fsp3) is 0. The van der Waals surface area contributed by atoms with E-state index in [0.29, 0.717) is 0 Å². The van der Waals surface area contributed by atoms with Crippen molar-refractivity contribution in [3.63, 3.8) is 0 Å². The predicted molar refractivity (Wildman–Crippen MR) is 55.3 cm³/mol. The number of allylic oxidation sites excluding steroid dienone is 3. The summed E-state index contributed by atoms with van der Waals surface area (Å²) in [5.41, 5.74) is 0.770. The van der Waals surface area contributed by atoms with Gasteiger partial charge < -0.3 is 0 Å². The van der Waals surface area contributed by atoms with E-state index in [4.69, 9.17) is 11.6 Å². The zero-order valence-electron chi connectivity index (χ0n) is 7.21. The largest absolute Gasteiger partial charge is 0.286 e. The zero-order valence-corrected chi connectivity index (χ0v) is 7.96. The van der Waals surface area contributed by atoms with E-state index >= 15 is 0 Å². The van der Waals surface area contributed by atoms with E-state index in [2.05, 4.69) is 0 Å². The van der Waals surface area contributed by atoms with E-state index in [9.17, 15) is 9.18 Å². The molecule has 1 aromatic carbocycles. The van der Waals surface area contributed by atoms with Crippen molar-refractivity contribution >= 4 is 24.0 Å². The molecule has 1 rings (SSSR count). The molecule has 1 radical (unpaired) electrons. The molecule has 0 aliphatic heterocycles. The average molecular weight is 210 g/mol. The number of hydrogen-bond acceptors (Lipinski definition) is 1. The molecule has 0 fully saturated rings. The van der Waals surface area contributed by atoms with Gasteiger partial charge in [0, 0.05) is 0 Å². The fourth-order valence-electron chi connectivity index (χ4n) is 0.878. The fourth-order valence-corrected chi connectivity index (χ4v) is 1.07. The van der Waals surface area contributed by atoms with Gasteiger partial charge in [0.2, 0.25) is 6.29 Å². The van der Waals surface area contributed by atoms with Crippen molar-refractivity contribution in [2.75, 3.05) is 0 Å². The Morgan fingerprint density at radius 1 is 1.36 bits per heavy atom. The highest BCUT2D eigenvalue weighted by Crippen LogP contribution is 2.16. The topological polar surface area (TPSA) is 17.1 Å². The Bertz CT molecular complexity index is 383. The Kier molecular flexibility index (Phi) is 4.08. The summed E-state index contributed by atoms with van der Waals surface area (Å²) in [4.78, 5) is 9.80. The minimum absolute atomic E-state index is 0.0816. The van der Waals surface area contributed by atoms with Gasteiger partial charge >= 0.3 is 0 Å². The molecule has 1 aromatic rings. The van der Waals surface area contributed by atoms with E-state index < -0.39 is 5.82 Å². The highest BCUT2D eigenvalue weighted by molar-refractivity contribution is 6.30. The molecule has 0 saturated heterocycles. The summed E-state index contributed by atoms with van der Waals surface area (Å²) in [6.07, 6.45) is 7.73. The molecule has 0 atom stereocenters. The number of halogens is 2. The lowest BCUT2D eigenvalue weighted by molar-refractivity contribution is 0.564. The maximum Gasteiger partial charge on any atom is 0.225 e. The Hall–Kier alpha value is -1.41. The summed E-state index contributed by atoms with van der Waals surface area (Å²) < 4.78 is 12.7. The van der Waals surface area contributed by atoms with Crippen molar-refractivity contribution < 1.29 is 9.18 Å². The third-order valence-corrected chi connectivity index (χ3v) is 1.80. The summed E-state index contributed by atoms with van der Waals surface area (Å²) >= 11 is 5.56. The van der Waals surface area contributed by atoms with Gasteiger partial charge in [0.05, 0.1) is 5.02 Å². The minimum atomic E-state index is -0.444. The van der Waals surface area contributed by atoms with Crippen molar-refractivity contribution in [1.29, 1.82) is 0 Å². The molecule has 0 bridgehead atoms. The molecule has 1 nitrogen and oxygen atoms in total. The maximum absolute atomic E-state index is 12.7. The summed E-state index contributed by atoms with van der Waals surface area (Å²) in [7, 11) is 0. The lowest BCUT2D eigenvalue weighted by Gasteiger charge is -1.95. The van der Waals surface area contributed by atoms with Gasteiger partial charge in [0.25, 0.3) is 0 Å². The molecule has 0 aliphatic rings. The molecule has 3 heteroatoms. The van der Waals surface area contributed by atoms with Crippen LogP contribution in [0, 0.1) is 5.82 Å². The van der Waals surface area contributed by atoms with Gasteiger partial charge in [0.15, 0.2) is 0 Å². The van der Waals surface area contributed by atoms with Crippen LogP contribution >= 0.6 is 11.6 Å². The molecule has 71 valence electrons. The van der Waals surface area contributed by atoms with E-state index in [1.165, 1.54) is 24.3 Å². The van der Waals surface area contributed by atoms with Crippen molar-refractivity contribution in [1.82, 2.24) is 0 Å². The Balaban J connectivity index is 2.77. The molecule has 0 N–H and O–H groups in total. The molecule has 14 heavy (non-hydrogen) atoms. The highest BCUT2D eigenvalue weighted by atomic mass is 35.5.